The van der Waals surface area contributed by atoms with E-state index in [1.54, 1.807) is 0 Å². The van der Waals surface area contributed by atoms with Crippen LogP contribution in [-0.4, -0.2) is 57.6 Å². The fourth-order valence-corrected chi connectivity index (χ4v) is 7.21. The van der Waals surface area contributed by atoms with Crippen molar-refractivity contribution < 1.29 is 25.2 Å². The average molecular weight is 491 g/mol. The van der Waals surface area contributed by atoms with Crippen molar-refractivity contribution in [2.45, 2.75) is 116 Å². The summed E-state index contributed by atoms with van der Waals surface area (Å²) in [7, 11) is 0. The summed E-state index contributed by atoms with van der Waals surface area (Å²) in [5.74, 6) is 1.98. The van der Waals surface area contributed by atoms with Crippen LogP contribution in [0.4, 0.5) is 0 Å². The predicted octanol–water partition coefficient (Wildman–Crippen LogP) is 5.08. The molecule has 0 radical (unpaired) electrons. The van der Waals surface area contributed by atoms with Crippen LogP contribution in [0, 0.1) is 23.2 Å². The molecular weight excluding hydrogens is 440 g/mol. The summed E-state index contributed by atoms with van der Waals surface area (Å²) < 4.78 is 5.63. The smallest absolute Gasteiger partial charge is 0.114 e. The largest absolute Gasteiger partial charge is 0.396 e. The third kappa shape index (κ3) is 6.87. The normalized spacial score (nSPS) is 37.1. The molecular formula is C30H50O5. The highest BCUT2D eigenvalue weighted by Crippen LogP contribution is 2.60. The van der Waals surface area contributed by atoms with Crippen LogP contribution in [0.1, 0.15) is 91.9 Å². The molecule has 3 rings (SSSR count). The van der Waals surface area contributed by atoms with E-state index < -0.39 is 23.9 Å². The monoisotopic (exact) mass is 490 g/mol. The first-order chi connectivity index (χ1) is 16.5. The van der Waals surface area contributed by atoms with Crippen LogP contribution in [0.25, 0.3) is 0 Å². The Morgan fingerprint density at radius 3 is 2.63 bits per heavy atom. The topological polar surface area (TPSA) is 90.2 Å². The van der Waals surface area contributed by atoms with E-state index in [1.807, 2.05) is 13.8 Å². The third-order valence-corrected chi connectivity index (χ3v) is 9.17. The highest BCUT2D eigenvalue weighted by molar-refractivity contribution is 5.40. The van der Waals surface area contributed by atoms with Gasteiger partial charge < -0.3 is 25.2 Å². The van der Waals surface area contributed by atoms with E-state index in [4.69, 9.17) is 9.84 Å². The maximum atomic E-state index is 10.7. The number of rotatable bonds is 10. The summed E-state index contributed by atoms with van der Waals surface area (Å²) in [5.41, 5.74) is 2.79. The van der Waals surface area contributed by atoms with E-state index in [0.29, 0.717) is 42.3 Å². The Hall–Kier alpha value is -0.980. The molecule has 0 amide bonds. The molecule has 3 saturated carbocycles. The van der Waals surface area contributed by atoms with Gasteiger partial charge in [0, 0.05) is 19.6 Å². The number of allylic oxidation sites excluding steroid dienone is 3. The molecule has 0 aliphatic heterocycles. The van der Waals surface area contributed by atoms with Gasteiger partial charge in [-0.25, -0.2) is 0 Å². The van der Waals surface area contributed by atoms with E-state index in [1.165, 1.54) is 37.7 Å². The maximum Gasteiger partial charge on any atom is 0.114 e. The van der Waals surface area contributed by atoms with Gasteiger partial charge in [0.05, 0.1) is 11.7 Å². The van der Waals surface area contributed by atoms with Crippen molar-refractivity contribution >= 4 is 0 Å². The zero-order valence-corrected chi connectivity index (χ0v) is 22.5. The average Bonchev–Trinajstić information content (AvgIpc) is 3.14. The molecule has 1 unspecified atom stereocenters. The lowest BCUT2D eigenvalue weighted by atomic mass is 9.60. The summed E-state index contributed by atoms with van der Waals surface area (Å²) in [6.07, 6.45) is 12.1. The first-order valence-electron chi connectivity index (χ1n) is 13.9. The van der Waals surface area contributed by atoms with Crippen molar-refractivity contribution in [2.75, 3.05) is 13.2 Å². The Balaban J connectivity index is 1.67. The van der Waals surface area contributed by atoms with Gasteiger partial charge in [-0.05, 0) is 93.1 Å². The number of hydrogen-bond acceptors (Lipinski definition) is 5. The number of aliphatic hydroxyl groups excluding tert-OH is 3. The van der Waals surface area contributed by atoms with E-state index in [9.17, 15) is 15.3 Å². The van der Waals surface area contributed by atoms with Crippen molar-refractivity contribution in [1.82, 2.24) is 0 Å². The molecule has 200 valence electrons. The minimum atomic E-state index is -0.931. The van der Waals surface area contributed by atoms with Gasteiger partial charge in [-0.15, -0.1) is 0 Å². The van der Waals surface area contributed by atoms with Crippen molar-refractivity contribution in [2.24, 2.45) is 23.2 Å². The van der Waals surface area contributed by atoms with Gasteiger partial charge in [-0.1, -0.05) is 51.0 Å². The summed E-state index contributed by atoms with van der Waals surface area (Å²) in [6, 6.07) is 0. The molecule has 0 aromatic heterocycles. The molecule has 0 bridgehead atoms. The van der Waals surface area contributed by atoms with Crippen LogP contribution in [-0.2, 0) is 4.74 Å². The van der Waals surface area contributed by atoms with Gasteiger partial charge in [0.2, 0.25) is 0 Å². The molecule has 0 saturated heterocycles. The fraction of sp³-hybridized carbons (Fsp3) is 0.800. The van der Waals surface area contributed by atoms with Crippen molar-refractivity contribution in [3.63, 3.8) is 0 Å². The van der Waals surface area contributed by atoms with Crippen molar-refractivity contribution in [1.29, 1.82) is 0 Å². The van der Waals surface area contributed by atoms with Crippen LogP contribution in [0.3, 0.4) is 0 Å². The molecule has 5 heteroatoms. The second-order valence-electron chi connectivity index (χ2n) is 12.4. The first-order valence-corrected chi connectivity index (χ1v) is 13.9. The molecule has 3 aliphatic carbocycles. The summed E-state index contributed by atoms with van der Waals surface area (Å²) in [6.45, 7) is 13.2. The molecule has 5 nitrogen and oxygen atoms in total. The van der Waals surface area contributed by atoms with E-state index in [2.05, 4.69) is 32.6 Å². The SMILES string of the molecule is C=C1/C(=C\C=C2/CCC[C@@]3(C)C2CC[C@@H]3[C@H](C)CCCC(C)(C)O)C[C@@H](O)[C@@H](OCCCO)[C@@H]1O. The summed E-state index contributed by atoms with van der Waals surface area (Å²) in [5, 5.41) is 40.4. The number of aliphatic hydroxyl groups is 4. The van der Waals surface area contributed by atoms with Crippen LogP contribution in [0.2, 0.25) is 0 Å². The van der Waals surface area contributed by atoms with Crippen LogP contribution < -0.4 is 0 Å². The third-order valence-electron chi connectivity index (χ3n) is 9.17. The van der Waals surface area contributed by atoms with Gasteiger partial charge >= 0.3 is 0 Å². The lowest BCUT2D eigenvalue weighted by molar-refractivity contribution is -0.0968. The Labute approximate surface area is 213 Å². The maximum absolute atomic E-state index is 10.7. The van der Waals surface area contributed by atoms with Gasteiger partial charge in [0.15, 0.2) is 0 Å². The van der Waals surface area contributed by atoms with Crippen LogP contribution >= 0.6 is 0 Å². The fourth-order valence-electron chi connectivity index (χ4n) is 7.21. The second-order valence-corrected chi connectivity index (χ2v) is 12.4. The lowest BCUT2D eigenvalue weighted by Crippen LogP contribution is -2.45. The van der Waals surface area contributed by atoms with E-state index >= 15 is 0 Å². The van der Waals surface area contributed by atoms with E-state index in [0.717, 1.165) is 30.8 Å². The molecule has 35 heavy (non-hydrogen) atoms. The standard InChI is InChI=1S/C30H50O5/c1-20(9-6-15-29(3,4)34)24-13-14-25-22(10-7-16-30(24,25)5)11-12-23-19-26(32)28(27(33)21(23)2)35-18-8-17-31/h11-12,20,24-28,31-34H,2,6-10,13-19H2,1,3-5H3/b22-11+,23-12-/t20-,24-,25?,26-,27-,28-,30-/m1/s1. The van der Waals surface area contributed by atoms with Gasteiger partial charge in [-0.3, -0.25) is 0 Å². The lowest BCUT2D eigenvalue weighted by Gasteiger charge is -2.44. The van der Waals surface area contributed by atoms with Crippen LogP contribution in [0.5, 0.6) is 0 Å². The van der Waals surface area contributed by atoms with Gasteiger partial charge in [0.25, 0.3) is 0 Å². The molecule has 3 aliphatic rings. The Bertz CT molecular complexity index is 778. The highest BCUT2D eigenvalue weighted by Gasteiger charge is 2.50. The molecule has 0 spiro atoms. The minimum Gasteiger partial charge on any atom is -0.396 e. The highest BCUT2D eigenvalue weighted by atomic mass is 16.5. The first kappa shape index (κ1) is 28.6. The molecule has 4 N–H and O–H groups in total. The summed E-state index contributed by atoms with van der Waals surface area (Å²) in [4.78, 5) is 0. The summed E-state index contributed by atoms with van der Waals surface area (Å²) >= 11 is 0. The van der Waals surface area contributed by atoms with Crippen molar-refractivity contribution in [3.05, 3.63) is 35.5 Å². The zero-order valence-electron chi connectivity index (χ0n) is 22.5. The number of fused-ring (bicyclic) bond motifs is 1. The number of ether oxygens (including phenoxy) is 1. The predicted molar refractivity (Wildman–Crippen MR) is 141 cm³/mol. The van der Waals surface area contributed by atoms with Gasteiger partial charge in [-0.2, -0.15) is 0 Å². The molecule has 7 atom stereocenters. The molecule has 0 heterocycles. The quantitative estimate of drug-likeness (QED) is 0.321. The Kier molecular flexibility index (Phi) is 9.84. The molecule has 0 aromatic carbocycles. The Morgan fingerprint density at radius 1 is 1.20 bits per heavy atom. The molecule has 3 fully saturated rings. The Morgan fingerprint density at radius 2 is 1.94 bits per heavy atom. The van der Waals surface area contributed by atoms with Crippen LogP contribution in [0.15, 0.2) is 35.5 Å². The zero-order chi connectivity index (χ0) is 25.8. The van der Waals surface area contributed by atoms with E-state index in [-0.39, 0.29) is 6.61 Å². The molecule has 0 aromatic rings. The number of hydrogen-bond donors (Lipinski definition) is 4. The van der Waals surface area contributed by atoms with Crippen molar-refractivity contribution in [3.8, 4) is 0 Å². The minimum absolute atomic E-state index is 0.0269. The van der Waals surface area contributed by atoms with Gasteiger partial charge in [0.1, 0.15) is 12.2 Å². The second kappa shape index (κ2) is 12.0.